The molecule has 2 aromatic rings. The van der Waals surface area contributed by atoms with Crippen LogP contribution >= 0.6 is 0 Å². The van der Waals surface area contributed by atoms with Gasteiger partial charge in [-0.1, -0.05) is 30.3 Å². The highest BCUT2D eigenvalue weighted by molar-refractivity contribution is 5.39. The maximum absolute atomic E-state index is 5.67. The van der Waals surface area contributed by atoms with Crippen LogP contribution in [0.2, 0.25) is 0 Å². The third-order valence-corrected chi connectivity index (χ3v) is 4.70. The van der Waals surface area contributed by atoms with E-state index in [1.165, 1.54) is 53.5 Å². The maximum atomic E-state index is 5.67. The second-order valence-electron chi connectivity index (χ2n) is 6.21. The van der Waals surface area contributed by atoms with E-state index in [0.717, 1.165) is 18.8 Å². The fourth-order valence-corrected chi connectivity index (χ4v) is 3.42. The molecule has 2 aliphatic rings. The first kappa shape index (κ1) is 16.0. The molecule has 3 heteroatoms. The van der Waals surface area contributed by atoms with Crippen molar-refractivity contribution in [1.29, 1.82) is 0 Å². The van der Waals surface area contributed by atoms with Crippen LogP contribution in [-0.4, -0.2) is 6.61 Å². The zero-order valence-corrected chi connectivity index (χ0v) is 13.7. The average molecular weight is 310 g/mol. The molecule has 0 aromatic heterocycles. The van der Waals surface area contributed by atoms with E-state index in [1.54, 1.807) is 0 Å². The lowest BCUT2D eigenvalue weighted by molar-refractivity contribution is 0.357. The number of rotatable bonds is 2. The van der Waals surface area contributed by atoms with Gasteiger partial charge in [0.2, 0.25) is 0 Å². The number of fused-ring (bicyclic) bond motifs is 2. The summed E-state index contributed by atoms with van der Waals surface area (Å²) >= 11 is 0. The van der Waals surface area contributed by atoms with Gasteiger partial charge in [0.1, 0.15) is 5.75 Å². The third-order valence-electron chi connectivity index (χ3n) is 4.70. The molecule has 122 valence electrons. The first-order chi connectivity index (χ1) is 11.3. The zero-order chi connectivity index (χ0) is 16.1. The van der Waals surface area contributed by atoms with E-state index >= 15 is 0 Å². The minimum atomic E-state index is 0.618. The van der Waals surface area contributed by atoms with Gasteiger partial charge < -0.3 is 16.2 Å². The van der Waals surface area contributed by atoms with Crippen molar-refractivity contribution >= 4 is 0 Å². The standard InChI is InChI=1S/C11H15N.C9H11NO/c12-8-10-6-3-5-9-4-1-2-7-11(9)10;10-6-7-1-2-9-8(5-7)3-4-11-9/h3,5-6H,1-2,4,7-8,12H2;1-2,5H,3-4,6,10H2. The fourth-order valence-electron chi connectivity index (χ4n) is 3.42. The quantitative estimate of drug-likeness (QED) is 0.896. The number of hydrogen-bond donors (Lipinski definition) is 2. The van der Waals surface area contributed by atoms with Crippen LogP contribution in [0.1, 0.15) is 40.7 Å². The number of aryl methyl sites for hydroxylation is 1. The zero-order valence-electron chi connectivity index (χ0n) is 13.7. The SMILES string of the molecule is NCc1ccc2c(c1)CCO2.NCc1cccc2c1CCCC2. The highest BCUT2D eigenvalue weighted by Gasteiger charge is 2.11. The molecule has 0 saturated carbocycles. The van der Waals surface area contributed by atoms with Crippen molar-refractivity contribution in [2.75, 3.05) is 6.61 Å². The van der Waals surface area contributed by atoms with Crippen molar-refractivity contribution in [2.45, 2.75) is 45.2 Å². The lowest BCUT2D eigenvalue weighted by atomic mass is 9.88. The molecule has 1 aliphatic carbocycles. The molecule has 23 heavy (non-hydrogen) atoms. The van der Waals surface area contributed by atoms with Crippen LogP contribution in [0.3, 0.4) is 0 Å². The Hall–Kier alpha value is -1.84. The minimum absolute atomic E-state index is 0.618. The molecule has 0 atom stereocenters. The number of benzene rings is 2. The molecule has 0 unspecified atom stereocenters. The van der Waals surface area contributed by atoms with Gasteiger partial charge >= 0.3 is 0 Å². The summed E-state index contributed by atoms with van der Waals surface area (Å²) < 4.78 is 5.36. The van der Waals surface area contributed by atoms with E-state index in [9.17, 15) is 0 Å². The van der Waals surface area contributed by atoms with Crippen molar-refractivity contribution in [3.8, 4) is 5.75 Å². The van der Waals surface area contributed by atoms with Crippen LogP contribution in [0.4, 0.5) is 0 Å². The topological polar surface area (TPSA) is 61.3 Å². The molecule has 2 aromatic carbocycles. The molecule has 0 bridgehead atoms. The molecule has 0 saturated heterocycles. The molecule has 1 heterocycles. The third kappa shape index (κ3) is 3.74. The Morgan fingerprint density at radius 3 is 2.57 bits per heavy atom. The van der Waals surface area contributed by atoms with Gasteiger partial charge in [-0.2, -0.15) is 0 Å². The van der Waals surface area contributed by atoms with Crippen molar-refractivity contribution in [1.82, 2.24) is 0 Å². The molecular formula is C20H26N2O. The van der Waals surface area contributed by atoms with Crippen molar-refractivity contribution in [2.24, 2.45) is 11.5 Å². The van der Waals surface area contributed by atoms with Crippen LogP contribution < -0.4 is 16.2 Å². The van der Waals surface area contributed by atoms with Gasteiger partial charge in [0.05, 0.1) is 6.61 Å². The molecule has 0 radical (unpaired) electrons. The summed E-state index contributed by atoms with van der Waals surface area (Å²) in [5.41, 5.74) is 18.1. The Bertz CT molecular complexity index is 652. The predicted octanol–water partition coefficient (Wildman–Crippen LogP) is 3.10. The van der Waals surface area contributed by atoms with Crippen LogP contribution in [0.25, 0.3) is 0 Å². The molecular weight excluding hydrogens is 284 g/mol. The molecule has 0 spiro atoms. The second-order valence-corrected chi connectivity index (χ2v) is 6.21. The summed E-state index contributed by atoms with van der Waals surface area (Å²) in [6.45, 7) is 2.14. The number of nitrogens with two attached hydrogens (primary N) is 2. The van der Waals surface area contributed by atoms with Gasteiger partial charge in [-0.05, 0) is 59.6 Å². The minimum Gasteiger partial charge on any atom is -0.493 e. The molecule has 0 amide bonds. The Balaban J connectivity index is 0.000000136. The fraction of sp³-hybridized carbons (Fsp3) is 0.400. The smallest absolute Gasteiger partial charge is 0.122 e. The van der Waals surface area contributed by atoms with Crippen molar-refractivity contribution in [3.63, 3.8) is 0 Å². The lowest BCUT2D eigenvalue weighted by Gasteiger charge is -2.18. The van der Waals surface area contributed by atoms with E-state index in [0.29, 0.717) is 13.1 Å². The van der Waals surface area contributed by atoms with E-state index in [2.05, 4.69) is 24.3 Å². The highest BCUT2D eigenvalue weighted by atomic mass is 16.5. The highest BCUT2D eigenvalue weighted by Crippen LogP contribution is 2.25. The second kappa shape index (κ2) is 7.62. The van der Waals surface area contributed by atoms with E-state index in [-0.39, 0.29) is 0 Å². The summed E-state index contributed by atoms with van der Waals surface area (Å²) in [4.78, 5) is 0. The Kier molecular flexibility index (Phi) is 5.31. The van der Waals surface area contributed by atoms with Gasteiger partial charge in [0.25, 0.3) is 0 Å². The molecule has 4 rings (SSSR count). The van der Waals surface area contributed by atoms with E-state index in [4.69, 9.17) is 16.2 Å². The predicted molar refractivity (Wildman–Crippen MR) is 94.5 cm³/mol. The summed E-state index contributed by atoms with van der Waals surface area (Å²) in [6, 6.07) is 12.7. The van der Waals surface area contributed by atoms with Crippen molar-refractivity contribution in [3.05, 3.63) is 64.2 Å². The first-order valence-corrected chi connectivity index (χ1v) is 8.56. The molecule has 3 nitrogen and oxygen atoms in total. The molecule has 1 aliphatic heterocycles. The largest absolute Gasteiger partial charge is 0.493 e. The monoisotopic (exact) mass is 310 g/mol. The van der Waals surface area contributed by atoms with Gasteiger partial charge in [-0.3, -0.25) is 0 Å². The summed E-state index contributed by atoms with van der Waals surface area (Å²) in [5, 5.41) is 0. The van der Waals surface area contributed by atoms with Crippen LogP contribution in [0.15, 0.2) is 36.4 Å². The average Bonchev–Trinajstić information content (AvgIpc) is 3.09. The van der Waals surface area contributed by atoms with Crippen LogP contribution in [0, 0.1) is 0 Å². The number of ether oxygens (including phenoxy) is 1. The van der Waals surface area contributed by atoms with Gasteiger partial charge in [-0.25, -0.2) is 0 Å². The lowest BCUT2D eigenvalue weighted by Crippen LogP contribution is -2.08. The van der Waals surface area contributed by atoms with Gasteiger partial charge in [0.15, 0.2) is 0 Å². The summed E-state index contributed by atoms with van der Waals surface area (Å²) in [6.07, 6.45) is 6.21. The van der Waals surface area contributed by atoms with E-state index < -0.39 is 0 Å². The van der Waals surface area contributed by atoms with Crippen LogP contribution in [-0.2, 0) is 32.4 Å². The van der Waals surface area contributed by atoms with Crippen LogP contribution in [0.5, 0.6) is 5.75 Å². The summed E-state index contributed by atoms with van der Waals surface area (Å²) in [5.74, 6) is 1.03. The molecule has 0 fully saturated rings. The molecule has 4 N–H and O–H groups in total. The van der Waals surface area contributed by atoms with Gasteiger partial charge in [-0.15, -0.1) is 0 Å². The summed E-state index contributed by atoms with van der Waals surface area (Å²) in [7, 11) is 0. The van der Waals surface area contributed by atoms with Crippen molar-refractivity contribution < 1.29 is 4.74 Å². The Morgan fingerprint density at radius 1 is 0.870 bits per heavy atom. The number of hydrogen-bond acceptors (Lipinski definition) is 3. The first-order valence-electron chi connectivity index (χ1n) is 8.56. The Labute approximate surface area is 138 Å². The van der Waals surface area contributed by atoms with E-state index in [1.807, 2.05) is 12.1 Å². The Morgan fingerprint density at radius 2 is 1.74 bits per heavy atom. The van der Waals surface area contributed by atoms with Gasteiger partial charge in [0, 0.05) is 19.5 Å². The normalized spacial score (nSPS) is 15.0. The maximum Gasteiger partial charge on any atom is 0.122 e.